The lowest BCUT2D eigenvalue weighted by Gasteiger charge is -2.36. The number of nitrogens with two attached hydrogens (primary N) is 1. The molecule has 0 aliphatic carbocycles. The molecule has 2 unspecified atom stereocenters. The van der Waals surface area contributed by atoms with Gasteiger partial charge in [-0.3, -0.25) is 18.4 Å². The van der Waals surface area contributed by atoms with E-state index in [-0.39, 0.29) is 36.9 Å². The van der Waals surface area contributed by atoms with Crippen LogP contribution >= 0.6 is 19.3 Å². The van der Waals surface area contributed by atoms with Crippen LogP contribution in [0.3, 0.4) is 0 Å². The van der Waals surface area contributed by atoms with E-state index in [1.165, 1.54) is 6.33 Å². The minimum absolute atomic E-state index is 0.00491. The highest BCUT2D eigenvalue weighted by molar-refractivity contribution is 7.51. The SMILES string of the molecule is CCOc1nc(N)nc2c1ncn2[C@@H]1O[C@@H]2COP(=O)(N[C@@H](COC(=O)C(C)C)Cc3ccccc3)OC2[C@@]1(C)Cl. The average Bonchev–Trinajstić information content (AvgIpc) is 3.45. The van der Waals surface area contributed by atoms with Gasteiger partial charge in [0.05, 0.1) is 31.5 Å². The topological polar surface area (TPSA) is 162 Å². The molecule has 0 bridgehead atoms. The number of aromatic nitrogens is 4. The van der Waals surface area contributed by atoms with Crippen LogP contribution in [0.4, 0.5) is 5.95 Å². The lowest BCUT2D eigenvalue weighted by atomic mass is 10.0. The summed E-state index contributed by atoms with van der Waals surface area (Å²) in [5, 5.41) is 2.98. The monoisotopic (exact) mass is 608 g/mol. The number of anilines is 1. The highest BCUT2D eigenvalue weighted by Crippen LogP contribution is 2.58. The first kappa shape index (κ1) is 29.7. The molecule has 0 radical (unpaired) electrons. The van der Waals surface area contributed by atoms with Crippen molar-refractivity contribution in [2.75, 3.05) is 25.6 Å². The van der Waals surface area contributed by atoms with E-state index in [0.717, 1.165) is 5.56 Å². The smallest absolute Gasteiger partial charge is 0.406 e. The van der Waals surface area contributed by atoms with E-state index < -0.39 is 37.1 Å². The number of esters is 1. The molecule has 0 spiro atoms. The van der Waals surface area contributed by atoms with Crippen molar-refractivity contribution < 1.29 is 32.6 Å². The molecule has 2 aliphatic rings. The molecule has 2 saturated heterocycles. The third kappa shape index (κ3) is 6.20. The molecular formula is C26H34ClN6O7P. The molecule has 1 aromatic carbocycles. The molecule has 5 rings (SSSR count). The van der Waals surface area contributed by atoms with Crippen LogP contribution in [0.25, 0.3) is 11.2 Å². The quantitative estimate of drug-likeness (QED) is 0.196. The molecule has 6 atom stereocenters. The van der Waals surface area contributed by atoms with Gasteiger partial charge in [0, 0.05) is 0 Å². The number of imidazole rings is 1. The van der Waals surface area contributed by atoms with Crippen LogP contribution in [0.5, 0.6) is 5.88 Å². The number of alkyl halides is 1. The largest absolute Gasteiger partial charge is 0.476 e. The third-order valence-corrected chi connectivity index (χ3v) is 8.92. The van der Waals surface area contributed by atoms with Crippen molar-refractivity contribution in [3.05, 3.63) is 42.2 Å². The fourth-order valence-electron chi connectivity index (χ4n) is 4.86. The maximum absolute atomic E-state index is 13.9. The zero-order valence-corrected chi connectivity index (χ0v) is 24.9. The number of nitrogens with zero attached hydrogens (tertiary/aromatic N) is 4. The number of nitrogens with one attached hydrogen (secondary N) is 1. The Hall–Kier alpha value is -2.80. The summed E-state index contributed by atoms with van der Waals surface area (Å²) in [6.45, 7) is 7.33. The van der Waals surface area contributed by atoms with E-state index >= 15 is 0 Å². The molecule has 15 heteroatoms. The summed E-state index contributed by atoms with van der Waals surface area (Å²) in [6.07, 6.45) is -0.365. The van der Waals surface area contributed by atoms with Crippen molar-refractivity contribution in [2.24, 2.45) is 5.92 Å². The molecule has 3 aromatic rings. The molecule has 41 heavy (non-hydrogen) atoms. The number of carbonyl (C=O) groups excluding carboxylic acids is 1. The highest BCUT2D eigenvalue weighted by Gasteiger charge is 2.60. The van der Waals surface area contributed by atoms with Gasteiger partial charge in [-0.05, 0) is 25.8 Å². The Labute approximate surface area is 242 Å². The van der Waals surface area contributed by atoms with Gasteiger partial charge in [0.25, 0.3) is 0 Å². The molecular weight excluding hydrogens is 575 g/mol. The second-order valence-corrected chi connectivity index (χ2v) is 13.0. The average molecular weight is 609 g/mol. The van der Waals surface area contributed by atoms with E-state index in [1.807, 2.05) is 37.3 Å². The lowest BCUT2D eigenvalue weighted by molar-refractivity contribution is -0.148. The Kier molecular flexibility index (Phi) is 8.56. The minimum Gasteiger partial charge on any atom is -0.476 e. The second-order valence-electron chi connectivity index (χ2n) is 10.4. The summed E-state index contributed by atoms with van der Waals surface area (Å²) in [5.74, 6) is -0.416. The summed E-state index contributed by atoms with van der Waals surface area (Å²) in [5.41, 5.74) is 7.65. The van der Waals surface area contributed by atoms with Crippen LogP contribution in [0.15, 0.2) is 36.7 Å². The van der Waals surface area contributed by atoms with Crippen molar-refractivity contribution >= 4 is 42.4 Å². The fourth-order valence-corrected chi connectivity index (χ4v) is 7.07. The first-order chi connectivity index (χ1) is 19.5. The van der Waals surface area contributed by atoms with Gasteiger partial charge in [-0.15, -0.1) is 11.6 Å². The summed E-state index contributed by atoms with van der Waals surface area (Å²) in [6, 6.07) is 9.01. The highest BCUT2D eigenvalue weighted by atomic mass is 35.5. The number of halogens is 1. The Morgan fingerprint density at radius 2 is 2.07 bits per heavy atom. The van der Waals surface area contributed by atoms with Gasteiger partial charge in [0.2, 0.25) is 11.8 Å². The molecule has 4 heterocycles. The van der Waals surface area contributed by atoms with Gasteiger partial charge in [-0.25, -0.2) is 14.6 Å². The van der Waals surface area contributed by atoms with Crippen LogP contribution in [-0.2, 0) is 34.3 Å². The molecule has 13 nitrogen and oxygen atoms in total. The number of benzene rings is 1. The van der Waals surface area contributed by atoms with Gasteiger partial charge in [-0.1, -0.05) is 44.2 Å². The lowest BCUT2D eigenvalue weighted by Crippen LogP contribution is -2.47. The Bertz CT molecular complexity index is 1440. The summed E-state index contributed by atoms with van der Waals surface area (Å²) in [4.78, 5) is 23.8. The zero-order valence-electron chi connectivity index (χ0n) is 23.2. The molecule has 0 saturated carbocycles. The van der Waals surface area contributed by atoms with Crippen molar-refractivity contribution in [1.29, 1.82) is 0 Å². The summed E-state index contributed by atoms with van der Waals surface area (Å²) in [7, 11) is -3.91. The van der Waals surface area contributed by atoms with Crippen LogP contribution in [0, 0.1) is 5.92 Å². The maximum Gasteiger partial charge on any atom is 0.406 e. The van der Waals surface area contributed by atoms with Crippen LogP contribution in [0.1, 0.15) is 39.5 Å². The molecule has 2 fully saturated rings. The van der Waals surface area contributed by atoms with Gasteiger partial charge < -0.3 is 19.9 Å². The van der Waals surface area contributed by atoms with Gasteiger partial charge in [0.1, 0.15) is 23.7 Å². The molecule has 0 amide bonds. The molecule has 2 aliphatic heterocycles. The van der Waals surface area contributed by atoms with E-state index in [1.54, 1.807) is 25.3 Å². The van der Waals surface area contributed by atoms with E-state index in [0.29, 0.717) is 24.2 Å². The van der Waals surface area contributed by atoms with Gasteiger partial charge in [0.15, 0.2) is 17.4 Å². The number of nitrogen functional groups attached to an aromatic ring is 1. The summed E-state index contributed by atoms with van der Waals surface area (Å²) >= 11 is 7.09. The standard InChI is InChI=1S/C26H34ClN6O7P/c1-5-36-22-19-21(30-25(28)31-22)33(14-29-19)24-26(4,27)20-18(39-24)13-38-41(35,40-20)32-17(12-37-23(34)15(2)3)11-16-9-7-6-8-10-16/h6-10,14-15,17-18,20,24H,5,11-13H2,1-4H3,(H,32,35)(H2,28,30,31)/t17-,18-,20?,24-,26-,41?/m1/s1. The summed E-state index contributed by atoms with van der Waals surface area (Å²) < 4.78 is 44.7. The normalized spacial score (nSPS) is 28.5. The second kappa shape index (κ2) is 11.8. The van der Waals surface area contributed by atoms with Crippen LogP contribution in [0.2, 0.25) is 0 Å². The zero-order chi connectivity index (χ0) is 29.4. The number of fused-ring (bicyclic) bond motifs is 2. The first-order valence-corrected chi connectivity index (χ1v) is 15.3. The number of ether oxygens (including phenoxy) is 3. The van der Waals surface area contributed by atoms with Crippen molar-refractivity contribution in [3.63, 3.8) is 0 Å². The Morgan fingerprint density at radius 1 is 1.32 bits per heavy atom. The van der Waals surface area contributed by atoms with Crippen LogP contribution in [-0.4, -0.2) is 68.4 Å². The number of carbonyl (C=O) groups is 1. The van der Waals surface area contributed by atoms with Crippen molar-refractivity contribution in [1.82, 2.24) is 24.6 Å². The fraction of sp³-hybridized carbons (Fsp3) is 0.538. The van der Waals surface area contributed by atoms with Crippen molar-refractivity contribution in [2.45, 2.75) is 63.5 Å². The maximum atomic E-state index is 13.9. The minimum atomic E-state index is -3.91. The Morgan fingerprint density at radius 3 is 2.78 bits per heavy atom. The van der Waals surface area contributed by atoms with Crippen molar-refractivity contribution in [3.8, 4) is 5.88 Å². The Balaban J connectivity index is 1.37. The van der Waals surface area contributed by atoms with Gasteiger partial charge >= 0.3 is 13.7 Å². The molecule has 3 N–H and O–H groups in total. The molecule has 2 aromatic heterocycles. The predicted octanol–water partition coefficient (Wildman–Crippen LogP) is 3.63. The van der Waals surface area contributed by atoms with Crippen LogP contribution < -0.4 is 15.6 Å². The van der Waals surface area contributed by atoms with Gasteiger partial charge in [-0.2, -0.15) is 9.97 Å². The number of hydrogen-bond donors (Lipinski definition) is 2. The van der Waals surface area contributed by atoms with E-state index in [2.05, 4.69) is 20.0 Å². The third-order valence-electron chi connectivity index (χ3n) is 6.85. The predicted molar refractivity (Wildman–Crippen MR) is 150 cm³/mol. The number of hydrogen-bond acceptors (Lipinski definition) is 11. The van der Waals surface area contributed by atoms with E-state index in [9.17, 15) is 9.36 Å². The number of rotatable bonds is 10. The first-order valence-electron chi connectivity index (χ1n) is 13.4. The molecule has 222 valence electrons. The van der Waals surface area contributed by atoms with E-state index in [4.69, 9.17) is 40.6 Å².